The van der Waals surface area contributed by atoms with E-state index in [4.69, 9.17) is 0 Å². The molecule has 0 fully saturated rings. The number of allylic oxidation sites excluding steroid dienone is 9. The number of aromatic nitrogens is 2. The summed E-state index contributed by atoms with van der Waals surface area (Å²) in [5.41, 5.74) is 10.7. The highest BCUT2D eigenvalue weighted by Crippen LogP contribution is 2.36. The van der Waals surface area contributed by atoms with Crippen LogP contribution in [-0.2, 0) is 0 Å². The highest BCUT2D eigenvalue weighted by molar-refractivity contribution is 6.11. The van der Waals surface area contributed by atoms with Crippen LogP contribution < -0.4 is 0 Å². The van der Waals surface area contributed by atoms with Gasteiger partial charge < -0.3 is 9.13 Å². The number of fused-ring (bicyclic) bond motifs is 6. The van der Waals surface area contributed by atoms with Crippen LogP contribution in [0.2, 0.25) is 0 Å². The summed E-state index contributed by atoms with van der Waals surface area (Å²) in [6.45, 7) is 8.26. The Morgan fingerprint density at radius 1 is 0.714 bits per heavy atom. The highest BCUT2D eigenvalue weighted by atomic mass is 15.0. The molecule has 0 radical (unpaired) electrons. The van der Waals surface area contributed by atoms with E-state index in [0.29, 0.717) is 0 Å². The Hall–Kier alpha value is -5.15. The Balaban J connectivity index is 1.42. The van der Waals surface area contributed by atoms with Gasteiger partial charge in [-0.2, -0.15) is 0 Å². The van der Waals surface area contributed by atoms with Crippen molar-refractivity contribution in [3.63, 3.8) is 0 Å². The minimum absolute atomic E-state index is 0.983. The van der Waals surface area contributed by atoms with Crippen LogP contribution in [0, 0.1) is 0 Å². The highest BCUT2D eigenvalue weighted by Gasteiger charge is 2.16. The van der Waals surface area contributed by atoms with Crippen molar-refractivity contribution in [3.8, 4) is 0 Å². The van der Waals surface area contributed by atoms with Crippen LogP contribution >= 0.6 is 0 Å². The Morgan fingerprint density at radius 2 is 1.21 bits per heavy atom. The van der Waals surface area contributed by atoms with Gasteiger partial charge in [-0.25, -0.2) is 0 Å². The molecule has 0 atom stereocenters. The van der Waals surface area contributed by atoms with Gasteiger partial charge in [0.15, 0.2) is 0 Å². The van der Waals surface area contributed by atoms with Gasteiger partial charge in [0.1, 0.15) is 0 Å². The smallest absolute Gasteiger partial charge is 0.0647 e. The van der Waals surface area contributed by atoms with Crippen LogP contribution in [0.4, 0.5) is 0 Å². The molecule has 2 heterocycles. The Labute approximate surface area is 246 Å². The van der Waals surface area contributed by atoms with Gasteiger partial charge in [-0.15, -0.1) is 0 Å². The molecule has 3 heteroatoms. The van der Waals surface area contributed by atoms with Gasteiger partial charge in [-0.1, -0.05) is 90.5 Å². The molecule has 2 aromatic heterocycles. The maximum atomic E-state index is 4.25. The second kappa shape index (κ2) is 10.7. The summed E-state index contributed by atoms with van der Waals surface area (Å²) in [6, 6.07) is 34.6. The number of rotatable bonds is 5. The van der Waals surface area contributed by atoms with Crippen LogP contribution in [0.3, 0.4) is 0 Å². The number of nitrogens with zero attached hydrogens (tertiary/aromatic N) is 3. The first-order chi connectivity index (χ1) is 20.6. The molecule has 0 aliphatic heterocycles. The third-order valence-corrected chi connectivity index (χ3v) is 8.32. The van der Waals surface area contributed by atoms with Crippen LogP contribution in [-0.4, -0.2) is 15.9 Å². The fraction of sp³-hybridized carbons (Fsp3) is 0.103. The van der Waals surface area contributed by atoms with E-state index in [1.165, 1.54) is 55.0 Å². The minimum atomic E-state index is 0.983. The van der Waals surface area contributed by atoms with Crippen LogP contribution in [0.25, 0.3) is 55.0 Å². The van der Waals surface area contributed by atoms with Crippen molar-refractivity contribution in [1.82, 2.24) is 9.13 Å². The molecular formula is C39H33N3. The van der Waals surface area contributed by atoms with Crippen molar-refractivity contribution in [2.45, 2.75) is 26.7 Å². The van der Waals surface area contributed by atoms with Crippen molar-refractivity contribution in [2.24, 2.45) is 4.99 Å². The number of para-hydroxylation sites is 4. The average molecular weight is 544 g/mol. The fourth-order valence-corrected chi connectivity index (χ4v) is 6.39. The van der Waals surface area contributed by atoms with Crippen molar-refractivity contribution < 1.29 is 0 Å². The van der Waals surface area contributed by atoms with Gasteiger partial charge in [-0.3, -0.25) is 4.99 Å². The predicted octanol–water partition coefficient (Wildman–Crippen LogP) is 10.6. The molecule has 3 nitrogen and oxygen atoms in total. The van der Waals surface area contributed by atoms with E-state index in [-0.39, 0.29) is 0 Å². The zero-order valence-electron chi connectivity index (χ0n) is 24.1. The van der Waals surface area contributed by atoms with Crippen molar-refractivity contribution in [3.05, 3.63) is 144 Å². The zero-order chi connectivity index (χ0) is 28.6. The molecule has 0 N–H and O–H groups in total. The molecule has 0 spiro atoms. The SMILES string of the molecule is C=NC=C(C=C(C)C1=CC(n2c3ccccc3c3ccccc32)=CCCC(C)=C1)n1c2ccccc2c2ccccc21. The van der Waals surface area contributed by atoms with Crippen molar-refractivity contribution in [2.75, 3.05) is 0 Å². The monoisotopic (exact) mass is 543 g/mol. The number of benzene rings is 4. The Bertz CT molecular complexity index is 2070. The molecule has 0 bridgehead atoms. The summed E-state index contributed by atoms with van der Waals surface area (Å²) >= 11 is 0. The quantitative estimate of drug-likeness (QED) is 0.152. The Kier molecular flexibility index (Phi) is 6.56. The molecule has 42 heavy (non-hydrogen) atoms. The van der Waals surface area contributed by atoms with Gasteiger partial charge in [0.05, 0.1) is 34.0 Å². The third kappa shape index (κ3) is 4.35. The van der Waals surface area contributed by atoms with E-state index in [0.717, 1.165) is 29.6 Å². The third-order valence-electron chi connectivity index (χ3n) is 8.32. The van der Waals surface area contributed by atoms with E-state index in [9.17, 15) is 0 Å². The second-order valence-electron chi connectivity index (χ2n) is 11.1. The van der Waals surface area contributed by atoms with Crippen LogP contribution in [0.1, 0.15) is 26.7 Å². The van der Waals surface area contributed by atoms with Gasteiger partial charge in [0.25, 0.3) is 0 Å². The minimum Gasteiger partial charge on any atom is -0.310 e. The lowest BCUT2D eigenvalue weighted by Crippen LogP contribution is -2.00. The molecule has 0 amide bonds. The molecule has 4 aromatic carbocycles. The molecule has 0 saturated heterocycles. The number of hydrogen-bond acceptors (Lipinski definition) is 1. The summed E-state index contributed by atoms with van der Waals surface area (Å²) in [7, 11) is 0. The van der Waals surface area contributed by atoms with E-state index >= 15 is 0 Å². The molecule has 0 saturated carbocycles. The van der Waals surface area contributed by atoms with E-state index in [1.807, 2.05) is 6.20 Å². The van der Waals surface area contributed by atoms with Crippen LogP contribution in [0.5, 0.6) is 0 Å². The lowest BCUT2D eigenvalue weighted by Gasteiger charge is -2.16. The van der Waals surface area contributed by atoms with Crippen molar-refractivity contribution >= 4 is 61.7 Å². The maximum Gasteiger partial charge on any atom is 0.0647 e. The van der Waals surface area contributed by atoms with Gasteiger partial charge >= 0.3 is 0 Å². The summed E-state index contributed by atoms with van der Waals surface area (Å²) in [5, 5.41) is 5.01. The largest absolute Gasteiger partial charge is 0.310 e. The van der Waals surface area contributed by atoms with E-state index < -0.39 is 0 Å². The fourth-order valence-electron chi connectivity index (χ4n) is 6.39. The molecule has 7 rings (SSSR count). The standard InChI is InChI=1S/C39H33N3/c1-27-13-12-14-30(41-36-19-8-4-15-32(36)33-16-5-9-20-37(33)41)25-29(23-27)28(2)24-31(26-40-3)42-38-21-10-6-17-34(38)35-18-7-11-22-39(35)42/h4-11,14-26H,3,12-13H2,1-2H3. The first-order valence-corrected chi connectivity index (χ1v) is 14.5. The summed E-state index contributed by atoms with van der Waals surface area (Å²) in [6.07, 6.45) is 13.2. The van der Waals surface area contributed by atoms with Gasteiger partial charge in [-0.05, 0) is 81.0 Å². The normalized spacial score (nSPS) is 15.0. The average Bonchev–Trinajstić information content (AvgIpc) is 3.52. The lowest BCUT2D eigenvalue weighted by molar-refractivity contribution is 0.966. The van der Waals surface area contributed by atoms with Gasteiger partial charge in [0, 0.05) is 27.2 Å². The van der Waals surface area contributed by atoms with E-state index in [1.54, 1.807) is 0 Å². The van der Waals surface area contributed by atoms with Crippen LogP contribution in [0.15, 0.2) is 149 Å². The summed E-state index contributed by atoms with van der Waals surface area (Å²) in [5.74, 6) is 0. The zero-order valence-corrected chi connectivity index (χ0v) is 24.1. The molecule has 204 valence electrons. The summed E-state index contributed by atoms with van der Waals surface area (Å²) < 4.78 is 4.72. The number of hydrogen-bond donors (Lipinski definition) is 0. The van der Waals surface area contributed by atoms with Crippen molar-refractivity contribution in [1.29, 1.82) is 0 Å². The van der Waals surface area contributed by atoms with Gasteiger partial charge in [0.2, 0.25) is 0 Å². The summed E-state index contributed by atoms with van der Waals surface area (Å²) in [4.78, 5) is 4.25. The van der Waals surface area contributed by atoms with E-state index in [2.05, 4.69) is 156 Å². The molecule has 1 aliphatic rings. The second-order valence-corrected chi connectivity index (χ2v) is 11.1. The predicted molar refractivity (Wildman–Crippen MR) is 182 cm³/mol. The topological polar surface area (TPSA) is 22.2 Å². The molecule has 6 aromatic rings. The molecule has 1 aliphatic carbocycles. The first-order valence-electron chi connectivity index (χ1n) is 14.5. The lowest BCUT2D eigenvalue weighted by atomic mass is 9.97. The first kappa shape index (κ1) is 25.8. The molecule has 0 unspecified atom stereocenters. The molecular weight excluding hydrogens is 510 g/mol. The number of aliphatic imine (C=N–C) groups is 1. The maximum absolute atomic E-state index is 4.25. The Morgan fingerprint density at radius 3 is 1.76 bits per heavy atom.